The molecule has 2 aliphatic rings. The summed E-state index contributed by atoms with van der Waals surface area (Å²) in [7, 11) is 0. The van der Waals surface area contributed by atoms with E-state index in [0.29, 0.717) is 19.1 Å². The lowest BCUT2D eigenvalue weighted by atomic mass is 10.0. The Bertz CT molecular complexity index is 607. The molecular weight excluding hydrogens is 296 g/mol. The van der Waals surface area contributed by atoms with E-state index in [4.69, 9.17) is 5.73 Å². The van der Waals surface area contributed by atoms with Crippen molar-refractivity contribution in [3.63, 3.8) is 0 Å². The predicted molar refractivity (Wildman–Crippen MR) is 87.2 cm³/mol. The minimum absolute atomic E-state index is 0.108. The van der Waals surface area contributed by atoms with Gasteiger partial charge >= 0.3 is 0 Å². The highest BCUT2D eigenvalue weighted by Gasteiger charge is 2.27. The Kier molecular flexibility index (Phi) is 4.47. The lowest BCUT2D eigenvalue weighted by Crippen LogP contribution is -2.45. The third kappa shape index (κ3) is 3.79. The molecule has 7 heteroatoms. The Morgan fingerprint density at radius 3 is 2.61 bits per heavy atom. The van der Waals surface area contributed by atoms with Gasteiger partial charge in [0.2, 0.25) is 0 Å². The van der Waals surface area contributed by atoms with Crippen LogP contribution in [0.2, 0.25) is 0 Å². The molecule has 0 radical (unpaired) electrons. The van der Waals surface area contributed by atoms with Crippen molar-refractivity contribution in [1.29, 1.82) is 0 Å². The molecule has 1 saturated heterocycles. The average Bonchev–Trinajstić information content (AvgIpc) is 3.37. The summed E-state index contributed by atoms with van der Waals surface area (Å²) in [4.78, 5) is 24.7. The van der Waals surface area contributed by atoms with Crippen molar-refractivity contribution >= 4 is 17.3 Å². The molecule has 0 unspecified atom stereocenters. The number of amides is 1. The number of nitrogens with zero attached hydrogens (tertiary/aromatic N) is 2. The summed E-state index contributed by atoms with van der Waals surface area (Å²) in [5, 5.41) is 14.4. The fourth-order valence-corrected chi connectivity index (χ4v) is 2.96. The number of rotatable bonds is 5. The van der Waals surface area contributed by atoms with E-state index >= 15 is 0 Å². The van der Waals surface area contributed by atoms with Crippen molar-refractivity contribution in [3.8, 4) is 0 Å². The summed E-state index contributed by atoms with van der Waals surface area (Å²) in [5.41, 5.74) is 6.23. The molecule has 0 bridgehead atoms. The highest BCUT2D eigenvalue weighted by atomic mass is 16.6. The summed E-state index contributed by atoms with van der Waals surface area (Å²) < 4.78 is 0. The minimum Gasteiger partial charge on any atom is -0.398 e. The Balaban J connectivity index is 1.60. The first-order valence-electron chi connectivity index (χ1n) is 8.11. The van der Waals surface area contributed by atoms with E-state index in [1.54, 1.807) is 4.90 Å². The number of anilines is 1. The molecule has 1 aliphatic carbocycles. The number of nitrogens with two attached hydrogens (primary N) is 1. The summed E-state index contributed by atoms with van der Waals surface area (Å²) in [6.07, 6.45) is 4.48. The van der Waals surface area contributed by atoms with Gasteiger partial charge in [0.05, 0.1) is 10.5 Å². The fraction of sp³-hybridized carbons (Fsp3) is 0.562. The topological polar surface area (TPSA) is 101 Å². The summed E-state index contributed by atoms with van der Waals surface area (Å²) >= 11 is 0. The first kappa shape index (κ1) is 15.7. The van der Waals surface area contributed by atoms with Crippen molar-refractivity contribution in [2.45, 2.75) is 31.7 Å². The molecule has 0 spiro atoms. The van der Waals surface area contributed by atoms with Crippen LogP contribution in [0.3, 0.4) is 0 Å². The molecule has 0 aromatic heterocycles. The van der Waals surface area contributed by atoms with Crippen molar-refractivity contribution in [3.05, 3.63) is 33.9 Å². The van der Waals surface area contributed by atoms with Crippen LogP contribution in [0.5, 0.6) is 0 Å². The van der Waals surface area contributed by atoms with Crippen molar-refractivity contribution in [1.82, 2.24) is 10.2 Å². The van der Waals surface area contributed by atoms with E-state index in [-0.39, 0.29) is 22.8 Å². The van der Waals surface area contributed by atoms with Gasteiger partial charge in [-0.15, -0.1) is 0 Å². The smallest absolute Gasteiger partial charge is 0.270 e. The largest absolute Gasteiger partial charge is 0.398 e. The van der Waals surface area contributed by atoms with Gasteiger partial charge in [-0.3, -0.25) is 14.9 Å². The van der Waals surface area contributed by atoms with E-state index in [9.17, 15) is 14.9 Å². The zero-order valence-electron chi connectivity index (χ0n) is 13.0. The molecule has 0 atom stereocenters. The van der Waals surface area contributed by atoms with Crippen molar-refractivity contribution in [2.75, 3.05) is 25.4 Å². The number of hydrogen-bond acceptors (Lipinski definition) is 5. The summed E-state index contributed by atoms with van der Waals surface area (Å²) in [6.45, 7) is 2.39. The van der Waals surface area contributed by atoms with Crippen LogP contribution < -0.4 is 11.1 Å². The van der Waals surface area contributed by atoms with Crippen molar-refractivity contribution < 1.29 is 9.72 Å². The number of piperidine rings is 1. The molecule has 1 saturated carbocycles. The molecule has 1 aromatic carbocycles. The van der Waals surface area contributed by atoms with Gasteiger partial charge < -0.3 is 16.0 Å². The number of nitrogen functional groups attached to an aromatic ring is 1. The van der Waals surface area contributed by atoms with Gasteiger partial charge in [-0.1, -0.05) is 0 Å². The van der Waals surface area contributed by atoms with Gasteiger partial charge in [0, 0.05) is 37.0 Å². The van der Waals surface area contributed by atoms with Gasteiger partial charge in [-0.2, -0.15) is 0 Å². The maximum absolute atomic E-state index is 12.6. The number of benzene rings is 1. The monoisotopic (exact) mass is 318 g/mol. The van der Waals surface area contributed by atoms with Gasteiger partial charge in [-0.25, -0.2) is 0 Å². The maximum Gasteiger partial charge on any atom is 0.270 e. The number of carbonyl (C=O) groups is 1. The van der Waals surface area contributed by atoms with Gasteiger partial charge in [0.25, 0.3) is 11.6 Å². The van der Waals surface area contributed by atoms with Crippen LogP contribution in [-0.2, 0) is 0 Å². The molecular formula is C16H22N4O3. The first-order chi connectivity index (χ1) is 11.0. The number of non-ortho nitro benzene ring substituents is 1. The molecule has 3 N–H and O–H groups in total. The number of nitro benzene ring substituents is 1. The molecule has 1 aliphatic heterocycles. The van der Waals surface area contributed by atoms with E-state index in [2.05, 4.69) is 5.32 Å². The summed E-state index contributed by atoms with van der Waals surface area (Å²) in [5.74, 6) is 0.631. The normalized spacial score (nSPS) is 18.9. The van der Waals surface area contributed by atoms with E-state index < -0.39 is 4.92 Å². The third-order valence-electron chi connectivity index (χ3n) is 4.65. The lowest BCUT2D eigenvalue weighted by Gasteiger charge is -2.32. The second-order valence-corrected chi connectivity index (χ2v) is 6.45. The van der Waals surface area contributed by atoms with Crippen LogP contribution in [0.15, 0.2) is 18.2 Å². The second-order valence-electron chi connectivity index (χ2n) is 6.45. The molecule has 1 aromatic rings. The number of nitrogens with one attached hydrogen (secondary N) is 1. The zero-order chi connectivity index (χ0) is 16.4. The molecule has 1 heterocycles. The summed E-state index contributed by atoms with van der Waals surface area (Å²) in [6, 6.07) is 4.48. The Labute approximate surface area is 135 Å². The molecule has 124 valence electrons. The predicted octanol–water partition coefficient (Wildman–Crippen LogP) is 1.78. The van der Waals surface area contributed by atoms with Crippen LogP contribution in [0.1, 0.15) is 36.0 Å². The number of likely N-dealkylation sites (tertiary alicyclic amines) is 1. The Morgan fingerprint density at radius 2 is 2.00 bits per heavy atom. The van der Waals surface area contributed by atoms with Crippen LogP contribution >= 0.6 is 0 Å². The third-order valence-corrected chi connectivity index (χ3v) is 4.65. The molecule has 2 fully saturated rings. The van der Waals surface area contributed by atoms with Crippen LogP contribution in [0, 0.1) is 16.0 Å². The Hall–Kier alpha value is -2.15. The van der Waals surface area contributed by atoms with Gasteiger partial charge in [-0.05, 0) is 44.2 Å². The van der Waals surface area contributed by atoms with Crippen LogP contribution in [-0.4, -0.2) is 41.4 Å². The number of carbonyl (C=O) groups excluding carboxylic acids is 1. The van der Waals surface area contributed by atoms with Gasteiger partial charge in [0.1, 0.15) is 0 Å². The highest BCUT2D eigenvalue weighted by Crippen LogP contribution is 2.28. The van der Waals surface area contributed by atoms with Crippen LogP contribution in [0.25, 0.3) is 0 Å². The first-order valence-corrected chi connectivity index (χ1v) is 8.11. The zero-order valence-corrected chi connectivity index (χ0v) is 13.0. The van der Waals surface area contributed by atoms with E-state index in [0.717, 1.165) is 25.3 Å². The molecule has 3 rings (SSSR count). The second kappa shape index (κ2) is 6.54. The molecule has 23 heavy (non-hydrogen) atoms. The van der Waals surface area contributed by atoms with Crippen molar-refractivity contribution in [2.24, 2.45) is 5.92 Å². The fourth-order valence-electron chi connectivity index (χ4n) is 2.96. The van der Waals surface area contributed by atoms with E-state index in [1.807, 2.05) is 0 Å². The quantitative estimate of drug-likeness (QED) is 0.489. The van der Waals surface area contributed by atoms with Gasteiger partial charge in [0.15, 0.2) is 0 Å². The molecule has 7 nitrogen and oxygen atoms in total. The Morgan fingerprint density at radius 1 is 1.30 bits per heavy atom. The minimum atomic E-state index is -0.510. The number of nitro groups is 1. The SMILES string of the molecule is Nc1ccc([N+](=O)[O-])cc1C(=O)N1CCC(NCC2CC2)CC1. The van der Waals surface area contributed by atoms with Crippen LogP contribution in [0.4, 0.5) is 11.4 Å². The molecule has 1 amide bonds. The highest BCUT2D eigenvalue weighted by molar-refractivity contribution is 5.99. The number of hydrogen-bond donors (Lipinski definition) is 2. The average molecular weight is 318 g/mol. The lowest BCUT2D eigenvalue weighted by molar-refractivity contribution is -0.384. The standard InChI is InChI=1S/C16H22N4O3/c17-15-4-3-13(20(22)23)9-14(15)16(21)19-7-5-12(6-8-19)18-10-11-1-2-11/h3-4,9,11-12,18H,1-2,5-8,10,17H2. The maximum atomic E-state index is 12.6. The van der Waals surface area contributed by atoms with E-state index in [1.165, 1.54) is 31.0 Å².